The van der Waals surface area contributed by atoms with E-state index in [-0.39, 0.29) is 18.4 Å². The molecular weight excluding hydrogens is 232 g/mol. The number of rotatable bonds is 7. The van der Waals surface area contributed by atoms with Crippen molar-refractivity contribution in [2.24, 2.45) is 5.92 Å². The number of carboxylic acids is 1. The Balaban J connectivity index is 2.19. The summed E-state index contributed by atoms with van der Waals surface area (Å²) >= 11 is 0. The average Bonchev–Trinajstić information content (AvgIpc) is 3.03. The van der Waals surface area contributed by atoms with Gasteiger partial charge in [-0.1, -0.05) is 20.3 Å². The van der Waals surface area contributed by atoms with Crippen LogP contribution in [0.15, 0.2) is 0 Å². The maximum absolute atomic E-state index is 11.0. The molecule has 0 saturated heterocycles. The van der Waals surface area contributed by atoms with E-state index in [1.165, 1.54) is 0 Å². The summed E-state index contributed by atoms with van der Waals surface area (Å²) in [6, 6.07) is -0.0770. The molecule has 0 aliphatic heterocycles. The van der Waals surface area contributed by atoms with Crippen LogP contribution in [0.4, 0.5) is 0 Å². The molecule has 18 heavy (non-hydrogen) atoms. The lowest BCUT2D eigenvalue weighted by molar-refractivity contribution is -0.138. The first kappa shape index (κ1) is 13.0. The van der Waals surface area contributed by atoms with Gasteiger partial charge in [0.05, 0.1) is 12.5 Å². The lowest BCUT2D eigenvalue weighted by atomic mass is 10.0. The van der Waals surface area contributed by atoms with Gasteiger partial charge in [-0.25, -0.2) is 4.68 Å². The lowest BCUT2D eigenvalue weighted by Gasteiger charge is -2.18. The third-order valence-electron chi connectivity index (χ3n) is 3.54. The zero-order valence-corrected chi connectivity index (χ0v) is 10.9. The summed E-state index contributed by atoms with van der Waals surface area (Å²) in [6.07, 6.45) is 4.37. The molecule has 2 unspecified atom stereocenters. The van der Waals surface area contributed by atoms with Gasteiger partial charge in [-0.05, 0) is 35.6 Å². The van der Waals surface area contributed by atoms with Gasteiger partial charge < -0.3 is 5.11 Å². The van der Waals surface area contributed by atoms with Crippen LogP contribution in [0, 0.1) is 5.92 Å². The van der Waals surface area contributed by atoms with E-state index in [1.807, 2.05) is 0 Å². The molecule has 0 bridgehead atoms. The minimum absolute atomic E-state index is 0.0770. The molecule has 1 aliphatic carbocycles. The van der Waals surface area contributed by atoms with Crippen LogP contribution in [0.2, 0.25) is 0 Å². The van der Waals surface area contributed by atoms with Crippen molar-refractivity contribution in [2.45, 2.75) is 57.9 Å². The van der Waals surface area contributed by atoms with Gasteiger partial charge in [-0.15, -0.1) is 5.10 Å². The molecule has 2 rings (SSSR count). The van der Waals surface area contributed by atoms with Crippen molar-refractivity contribution < 1.29 is 9.90 Å². The zero-order valence-electron chi connectivity index (χ0n) is 10.9. The highest BCUT2D eigenvalue weighted by atomic mass is 16.4. The highest BCUT2D eigenvalue weighted by Gasteiger charge is 2.36. The van der Waals surface area contributed by atoms with E-state index in [1.54, 1.807) is 4.68 Å². The summed E-state index contributed by atoms with van der Waals surface area (Å²) in [7, 11) is 0. The molecule has 0 spiro atoms. The average molecular weight is 252 g/mol. The molecule has 6 heteroatoms. The van der Waals surface area contributed by atoms with E-state index in [9.17, 15) is 4.79 Å². The highest BCUT2D eigenvalue weighted by molar-refractivity contribution is 5.67. The second-order valence-electron chi connectivity index (χ2n) is 5.17. The number of aliphatic carboxylic acids is 1. The molecule has 1 saturated carbocycles. The van der Waals surface area contributed by atoms with Crippen LogP contribution in [0.25, 0.3) is 0 Å². The molecule has 1 heterocycles. The Hall–Kier alpha value is -1.46. The smallest absolute Gasteiger partial charge is 0.305 e. The molecule has 1 aromatic heterocycles. The second kappa shape index (κ2) is 5.46. The van der Waals surface area contributed by atoms with Crippen LogP contribution in [0.1, 0.15) is 63.7 Å². The molecule has 1 fully saturated rings. The van der Waals surface area contributed by atoms with Gasteiger partial charge in [0.25, 0.3) is 0 Å². The van der Waals surface area contributed by atoms with Gasteiger partial charge in [0, 0.05) is 5.92 Å². The Labute approximate surface area is 106 Å². The summed E-state index contributed by atoms with van der Waals surface area (Å²) in [4.78, 5) is 11.0. The number of nitrogens with zero attached hydrogens (tertiary/aromatic N) is 4. The Morgan fingerprint density at radius 3 is 2.83 bits per heavy atom. The summed E-state index contributed by atoms with van der Waals surface area (Å²) in [5.41, 5.74) is 0. The fourth-order valence-electron chi connectivity index (χ4n) is 2.44. The van der Waals surface area contributed by atoms with Gasteiger partial charge in [0.2, 0.25) is 0 Å². The number of carboxylic acid groups (broad SMARTS) is 1. The van der Waals surface area contributed by atoms with Crippen molar-refractivity contribution in [2.75, 3.05) is 0 Å². The summed E-state index contributed by atoms with van der Waals surface area (Å²) in [5, 5.41) is 20.9. The summed E-state index contributed by atoms with van der Waals surface area (Å²) in [5.74, 6) is 0.753. The van der Waals surface area contributed by atoms with Crippen LogP contribution in [-0.2, 0) is 4.79 Å². The molecule has 100 valence electrons. The first-order chi connectivity index (χ1) is 8.63. The van der Waals surface area contributed by atoms with Crippen molar-refractivity contribution in [3.05, 3.63) is 5.82 Å². The van der Waals surface area contributed by atoms with Crippen molar-refractivity contribution in [1.29, 1.82) is 0 Å². The standard InChI is InChI=1S/C12H20N4O2/c1-3-4-8(2)12-13-14-15-16(12)10(7-11(17)18)9-5-6-9/h8-10H,3-7H2,1-2H3,(H,17,18). The molecule has 2 atom stereocenters. The van der Waals surface area contributed by atoms with E-state index in [2.05, 4.69) is 29.4 Å². The minimum Gasteiger partial charge on any atom is -0.481 e. The van der Waals surface area contributed by atoms with Gasteiger partial charge in [-0.2, -0.15) is 0 Å². The molecule has 0 radical (unpaired) electrons. The first-order valence-electron chi connectivity index (χ1n) is 6.63. The maximum Gasteiger partial charge on any atom is 0.305 e. The van der Waals surface area contributed by atoms with Crippen molar-refractivity contribution >= 4 is 5.97 Å². The van der Waals surface area contributed by atoms with Crippen LogP contribution >= 0.6 is 0 Å². The number of tetrazole rings is 1. The van der Waals surface area contributed by atoms with E-state index < -0.39 is 5.97 Å². The maximum atomic E-state index is 11.0. The molecule has 1 aliphatic rings. The quantitative estimate of drug-likeness (QED) is 0.802. The fraction of sp³-hybridized carbons (Fsp3) is 0.833. The normalized spacial score (nSPS) is 18.6. The molecule has 0 aromatic carbocycles. The monoisotopic (exact) mass is 252 g/mol. The third-order valence-corrected chi connectivity index (χ3v) is 3.54. The van der Waals surface area contributed by atoms with Crippen molar-refractivity contribution in [3.8, 4) is 0 Å². The van der Waals surface area contributed by atoms with E-state index in [4.69, 9.17) is 5.11 Å². The molecule has 6 nitrogen and oxygen atoms in total. The Kier molecular flexibility index (Phi) is 3.93. The van der Waals surface area contributed by atoms with Gasteiger partial charge in [0.15, 0.2) is 5.82 Å². The van der Waals surface area contributed by atoms with Crippen molar-refractivity contribution in [3.63, 3.8) is 0 Å². The highest BCUT2D eigenvalue weighted by Crippen LogP contribution is 2.42. The van der Waals surface area contributed by atoms with Crippen LogP contribution in [-0.4, -0.2) is 31.3 Å². The topological polar surface area (TPSA) is 80.9 Å². The second-order valence-corrected chi connectivity index (χ2v) is 5.17. The third kappa shape index (κ3) is 2.86. The van der Waals surface area contributed by atoms with Gasteiger partial charge >= 0.3 is 5.97 Å². The van der Waals surface area contributed by atoms with Crippen LogP contribution in [0.3, 0.4) is 0 Å². The van der Waals surface area contributed by atoms with Gasteiger partial charge in [-0.3, -0.25) is 4.79 Å². The molecule has 0 amide bonds. The van der Waals surface area contributed by atoms with E-state index >= 15 is 0 Å². The van der Waals surface area contributed by atoms with Crippen LogP contribution in [0.5, 0.6) is 0 Å². The largest absolute Gasteiger partial charge is 0.481 e. The predicted octanol–water partition coefficient (Wildman–Crippen LogP) is 2.00. The minimum atomic E-state index is -0.781. The predicted molar refractivity (Wildman–Crippen MR) is 65.2 cm³/mol. The molecule has 1 aromatic rings. The number of hydrogen-bond acceptors (Lipinski definition) is 4. The number of hydrogen-bond donors (Lipinski definition) is 1. The fourth-order valence-corrected chi connectivity index (χ4v) is 2.44. The van der Waals surface area contributed by atoms with Crippen molar-refractivity contribution in [1.82, 2.24) is 20.2 Å². The van der Waals surface area contributed by atoms with Crippen LogP contribution < -0.4 is 0 Å². The Morgan fingerprint density at radius 1 is 1.56 bits per heavy atom. The van der Waals surface area contributed by atoms with E-state index in [0.717, 1.165) is 31.5 Å². The first-order valence-corrected chi connectivity index (χ1v) is 6.63. The molecular formula is C12H20N4O2. The summed E-state index contributed by atoms with van der Waals surface area (Å²) in [6.45, 7) is 4.22. The molecule has 1 N–H and O–H groups in total. The Bertz CT molecular complexity index is 414. The Morgan fingerprint density at radius 2 is 2.28 bits per heavy atom. The SMILES string of the molecule is CCCC(C)c1nnnn1C(CC(=O)O)C1CC1. The lowest BCUT2D eigenvalue weighted by Crippen LogP contribution is -2.20. The van der Waals surface area contributed by atoms with Gasteiger partial charge in [0.1, 0.15) is 0 Å². The number of aromatic nitrogens is 4. The zero-order chi connectivity index (χ0) is 13.1. The van der Waals surface area contributed by atoms with E-state index in [0.29, 0.717) is 5.92 Å². The summed E-state index contributed by atoms with van der Waals surface area (Å²) < 4.78 is 1.76. The number of carbonyl (C=O) groups is 1.